The first-order valence-corrected chi connectivity index (χ1v) is 4.23. The Bertz CT molecular complexity index is 458. The van der Waals surface area contributed by atoms with Gasteiger partial charge in [-0.15, -0.1) is 0 Å². The van der Waals surface area contributed by atoms with Crippen LogP contribution in [0.3, 0.4) is 0 Å². The number of hydrogen-bond donors (Lipinski definition) is 2. The van der Waals surface area contributed by atoms with E-state index >= 15 is 0 Å². The van der Waals surface area contributed by atoms with Crippen LogP contribution in [0, 0.1) is 15.3 Å². The molecule has 1 aromatic carbocycles. The molecule has 2 rings (SSSR count). The third kappa shape index (κ3) is 3.00. The molecule has 9 heteroatoms. The van der Waals surface area contributed by atoms with Crippen LogP contribution in [0.15, 0.2) is 24.3 Å². The summed E-state index contributed by atoms with van der Waals surface area (Å²) in [5, 5.41) is 33.0. The number of hydrogen-bond acceptors (Lipinski definition) is 7. The molecule has 0 unspecified atom stereocenters. The van der Waals surface area contributed by atoms with E-state index in [2.05, 4.69) is 0 Å². The molecule has 8 nitrogen and oxygen atoms in total. The van der Waals surface area contributed by atoms with Crippen molar-refractivity contribution in [3.63, 3.8) is 0 Å². The summed E-state index contributed by atoms with van der Waals surface area (Å²) in [7, 11) is 0. The maximum atomic E-state index is 11.2. The molecule has 0 spiro atoms. The van der Waals surface area contributed by atoms with Gasteiger partial charge >= 0.3 is 22.4 Å². The first-order valence-electron chi connectivity index (χ1n) is 4.23. The second-order valence-corrected chi connectivity index (χ2v) is 3.10. The standard InChI is InChI=1S/C9H6O4.Ag.NO3/c10-7-5-3-1-2-4-6(5)8(11)9(7,12)13;;2-1(3)4/h1-4,12-13H;;/q;+1;-1. The second-order valence-electron chi connectivity index (χ2n) is 3.10. The molecule has 0 radical (unpaired) electrons. The Morgan fingerprint density at radius 3 is 1.56 bits per heavy atom. The summed E-state index contributed by atoms with van der Waals surface area (Å²) in [6.07, 6.45) is 0. The number of ketones is 2. The maximum Gasteiger partial charge on any atom is 1.00 e. The van der Waals surface area contributed by atoms with Gasteiger partial charge in [-0.25, -0.2) is 0 Å². The van der Waals surface area contributed by atoms with Crippen molar-refractivity contribution in [3.05, 3.63) is 50.7 Å². The third-order valence-electron chi connectivity index (χ3n) is 2.05. The summed E-state index contributed by atoms with van der Waals surface area (Å²) in [6, 6.07) is 5.91. The van der Waals surface area contributed by atoms with Crippen LogP contribution in [-0.2, 0) is 22.4 Å². The fourth-order valence-electron chi connectivity index (χ4n) is 1.36. The molecule has 1 aromatic rings. The van der Waals surface area contributed by atoms with E-state index in [1.165, 1.54) is 12.1 Å². The largest absolute Gasteiger partial charge is 1.00 e. The summed E-state index contributed by atoms with van der Waals surface area (Å²) in [5.41, 5.74) is 0.134. The molecule has 18 heavy (non-hydrogen) atoms. The number of nitrogens with zero attached hydrogens (tertiary/aromatic N) is 1. The Labute approximate surface area is 115 Å². The van der Waals surface area contributed by atoms with Gasteiger partial charge in [-0.3, -0.25) is 9.59 Å². The van der Waals surface area contributed by atoms with Crippen molar-refractivity contribution in [3.8, 4) is 0 Å². The van der Waals surface area contributed by atoms with Crippen LogP contribution in [0.5, 0.6) is 0 Å². The molecule has 0 saturated carbocycles. The molecule has 100 valence electrons. The van der Waals surface area contributed by atoms with Gasteiger partial charge in [0, 0.05) is 11.1 Å². The van der Waals surface area contributed by atoms with Gasteiger partial charge in [-0.2, -0.15) is 0 Å². The Balaban J connectivity index is 0.000000512. The van der Waals surface area contributed by atoms with Gasteiger partial charge in [0.1, 0.15) is 0 Å². The minimum atomic E-state index is -2.86. The van der Waals surface area contributed by atoms with Gasteiger partial charge in [-0.1, -0.05) is 24.3 Å². The van der Waals surface area contributed by atoms with E-state index in [0.29, 0.717) is 0 Å². The van der Waals surface area contributed by atoms with E-state index in [0.717, 1.165) is 0 Å². The number of carbonyl (C=O) groups excluding carboxylic acids is 2. The minimum Gasteiger partial charge on any atom is -0.356 e. The van der Waals surface area contributed by atoms with Gasteiger partial charge in [0.05, 0.1) is 5.09 Å². The van der Waals surface area contributed by atoms with E-state index in [1.54, 1.807) is 12.1 Å². The normalized spacial score (nSPS) is 15.0. The van der Waals surface area contributed by atoms with Gasteiger partial charge in [0.15, 0.2) is 0 Å². The molecule has 1 aliphatic rings. The molecule has 0 heterocycles. The Hall–Kier alpha value is -1.58. The summed E-state index contributed by atoms with van der Waals surface area (Å²) in [5.74, 6) is -4.76. The summed E-state index contributed by atoms with van der Waals surface area (Å²) >= 11 is 0. The maximum absolute atomic E-state index is 11.2. The van der Waals surface area contributed by atoms with E-state index in [-0.39, 0.29) is 33.5 Å². The summed E-state index contributed by atoms with van der Waals surface area (Å²) in [4.78, 5) is 30.7. The van der Waals surface area contributed by atoms with E-state index in [1.807, 2.05) is 0 Å². The molecule has 0 atom stereocenters. The van der Waals surface area contributed by atoms with E-state index in [4.69, 9.17) is 25.5 Å². The zero-order valence-corrected chi connectivity index (χ0v) is 9.98. The molecule has 1 aliphatic carbocycles. The average molecular weight is 348 g/mol. The predicted molar refractivity (Wildman–Crippen MR) is 52.6 cm³/mol. The number of rotatable bonds is 0. The van der Waals surface area contributed by atoms with Crippen LogP contribution in [0.4, 0.5) is 0 Å². The molecule has 0 aromatic heterocycles. The van der Waals surface area contributed by atoms with Crippen molar-refractivity contribution in [1.82, 2.24) is 0 Å². The van der Waals surface area contributed by atoms with Gasteiger partial charge in [0.2, 0.25) is 11.6 Å². The number of benzene rings is 1. The number of Topliss-reactive ketones (excluding diaryl/α,β-unsaturated/α-hetero) is 2. The molecule has 0 bridgehead atoms. The predicted octanol–water partition coefficient (Wildman–Crippen LogP) is -0.495. The number of carbonyl (C=O) groups is 2. The van der Waals surface area contributed by atoms with Crippen molar-refractivity contribution in [2.24, 2.45) is 0 Å². The fraction of sp³-hybridized carbons (Fsp3) is 0.111. The van der Waals surface area contributed by atoms with Crippen molar-refractivity contribution in [2.75, 3.05) is 0 Å². The van der Waals surface area contributed by atoms with Crippen LogP contribution < -0.4 is 0 Å². The molecular formula is C9H6AgNO7. The summed E-state index contributed by atoms with van der Waals surface area (Å²) in [6.45, 7) is 0. The van der Waals surface area contributed by atoms with Crippen molar-refractivity contribution in [2.45, 2.75) is 5.79 Å². The minimum absolute atomic E-state index is 0. The quantitative estimate of drug-likeness (QED) is 0.212. The van der Waals surface area contributed by atoms with Crippen molar-refractivity contribution < 1.29 is 47.3 Å². The third-order valence-corrected chi connectivity index (χ3v) is 2.05. The summed E-state index contributed by atoms with van der Waals surface area (Å²) < 4.78 is 0. The van der Waals surface area contributed by atoms with Crippen molar-refractivity contribution in [1.29, 1.82) is 0 Å². The monoisotopic (exact) mass is 347 g/mol. The molecule has 0 saturated heterocycles. The zero-order valence-electron chi connectivity index (χ0n) is 8.49. The van der Waals surface area contributed by atoms with Crippen LogP contribution in [0.2, 0.25) is 0 Å². The Morgan fingerprint density at radius 2 is 1.28 bits per heavy atom. The van der Waals surface area contributed by atoms with Crippen LogP contribution in [-0.4, -0.2) is 32.7 Å². The van der Waals surface area contributed by atoms with Gasteiger partial charge < -0.3 is 25.5 Å². The molecule has 2 N–H and O–H groups in total. The first-order chi connectivity index (χ1) is 7.78. The number of fused-ring (bicyclic) bond motifs is 1. The SMILES string of the molecule is O=C1c2ccccc2C(=O)C1(O)O.O=[N+]([O-])[O-].[Ag+]. The topological polar surface area (TPSA) is 141 Å². The Kier molecular flexibility index (Phi) is 5.33. The molecule has 0 amide bonds. The zero-order chi connectivity index (χ0) is 13.2. The Morgan fingerprint density at radius 1 is 1.00 bits per heavy atom. The van der Waals surface area contributed by atoms with Gasteiger partial charge in [0.25, 0.3) is 5.79 Å². The van der Waals surface area contributed by atoms with Crippen LogP contribution in [0.25, 0.3) is 0 Å². The van der Waals surface area contributed by atoms with Crippen LogP contribution >= 0.6 is 0 Å². The number of aliphatic hydroxyl groups is 2. The molecule has 0 fully saturated rings. The second kappa shape index (κ2) is 5.85. The fourth-order valence-corrected chi connectivity index (χ4v) is 1.36. The van der Waals surface area contributed by atoms with Crippen molar-refractivity contribution >= 4 is 11.6 Å². The molecular weight excluding hydrogens is 342 g/mol. The average Bonchev–Trinajstić information content (AvgIpc) is 2.41. The van der Waals surface area contributed by atoms with Gasteiger partial charge in [-0.05, 0) is 0 Å². The van der Waals surface area contributed by atoms with E-state index < -0.39 is 22.4 Å². The van der Waals surface area contributed by atoms with E-state index in [9.17, 15) is 9.59 Å². The first kappa shape index (κ1) is 16.4. The molecule has 0 aliphatic heterocycles. The smallest absolute Gasteiger partial charge is 0.356 e. The van der Waals surface area contributed by atoms with Crippen LogP contribution in [0.1, 0.15) is 20.7 Å².